The molecule has 0 aromatic carbocycles. The lowest BCUT2D eigenvalue weighted by molar-refractivity contribution is -0.129. The Kier molecular flexibility index (Phi) is 5.18. The molecule has 21 heavy (non-hydrogen) atoms. The Balaban J connectivity index is 1.80. The molecule has 7 heteroatoms. The minimum Gasteiger partial charge on any atom is -0.385 e. The van der Waals surface area contributed by atoms with E-state index < -0.39 is 5.60 Å². The van der Waals surface area contributed by atoms with E-state index in [2.05, 4.69) is 5.32 Å². The van der Waals surface area contributed by atoms with E-state index in [9.17, 15) is 14.7 Å². The standard InChI is InChI=1S/C14H24N2O5/c1-10-14(19,3-5-21-10)9-15-13(18)11-7-12(17)16(8-11)4-6-20-2/h10-11,19H,3-9H2,1-2H3,(H,15,18). The first kappa shape index (κ1) is 16.2. The summed E-state index contributed by atoms with van der Waals surface area (Å²) in [5, 5.41) is 13.1. The first-order valence-corrected chi connectivity index (χ1v) is 7.34. The lowest BCUT2D eigenvalue weighted by atomic mass is 9.96. The van der Waals surface area contributed by atoms with Crippen molar-refractivity contribution in [2.75, 3.05) is 40.0 Å². The van der Waals surface area contributed by atoms with E-state index in [4.69, 9.17) is 9.47 Å². The number of methoxy groups -OCH3 is 1. The molecule has 0 aliphatic carbocycles. The van der Waals surface area contributed by atoms with Crippen LogP contribution in [0.2, 0.25) is 0 Å². The number of likely N-dealkylation sites (tertiary alicyclic amines) is 1. The Morgan fingerprint density at radius 2 is 2.38 bits per heavy atom. The largest absolute Gasteiger partial charge is 0.385 e. The van der Waals surface area contributed by atoms with E-state index >= 15 is 0 Å². The molecule has 2 heterocycles. The normalized spacial score (nSPS) is 32.7. The second kappa shape index (κ2) is 6.72. The van der Waals surface area contributed by atoms with Gasteiger partial charge in [-0.25, -0.2) is 0 Å². The van der Waals surface area contributed by atoms with Crippen LogP contribution in [0.15, 0.2) is 0 Å². The van der Waals surface area contributed by atoms with Gasteiger partial charge in [0.15, 0.2) is 0 Å². The van der Waals surface area contributed by atoms with Gasteiger partial charge in [0, 0.05) is 46.2 Å². The average Bonchev–Trinajstić information content (AvgIpc) is 2.98. The van der Waals surface area contributed by atoms with E-state index in [1.165, 1.54) is 0 Å². The highest BCUT2D eigenvalue weighted by atomic mass is 16.5. The summed E-state index contributed by atoms with van der Waals surface area (Å²) in [5.41, 5.74) is -1.01. The lowest BCUT2D eigenvalue weighted by Crippen LogP contribution is -2.49. The Labute approximate surface area is 124 Å². The van der Waals surface area contributed by atoms with E-state index in [1.807, 2.05) is 0 Å². The zero-order chi connectivity index (χ0) is 15.5. The van der Waals surface area contributed by atoms with Gasteiger partial charge in [-0.2, -0.15) is 0 Å². The summed E-state index contributed by atoms with van der Waals surface area (Å²) in [6.45, 7) is 3.85. The van der Waals surface area contributed by atoms with Crippen LogP contribution < -0.4 is 5.32 Å². The zero-order valence-corrected chi connectivity index (χ0v) is 12.6. The number of amides is 2. The van der Waals surface area contributed by atoms with E-state index in [1.54, 1.807) is 18.9 Å². The summed E-state index contributed by atoms with van der Waals surface area (Å²) in [6.07, 6.45) is 0.444. The second-order valence-electron chi connectivity index (χ2n) is 5.82. The van der Waals surface area contributed by atoms with Gasteiger partial charge in [-0.3, -0.25) is 9.59 Å². The van der Waals surface area contributed by atoms with Gasteiger partial charge >= 0.3 is 0 Å². The van der Waals surface area contributed by atoms with Gasteiger partial charge in [-0.1, -0.05) is 0 Å². The number of nitrogens with one attached hydrogen (secondary N) is 1. The van der Waals surface area contributed by atoms with Crippen LogP contribution >= 0.6 is 0 Å². The monoisotopic (exact) mass is 300 g/mol. The summed E-state index contributed by atoms with van der Waals surface area (Å²) in [7, 11) is 1.58. The predicted molar refractivity (Wildman–Crippen MR) is 74.6 cm³/mol. The Morgan fingerprint density at radius 1 is 1.62 bits per heavy atom. The molecule has 2 amide bonds. The first-order valence-electron chi connectivity index (χ1n) is 7.34. The van der Waals surface area contributed by atoms with Crippen LogP contribution in [0.25, 0.3) is 0 Å². The van der Waals surface area contributed by atoms with Crippen molar-refractivity contribution in [1.29, 1.82) is 0 Å². The Morgan fingerprint density at radius 3 is 3.00 bits per heavy atom. The maximum atomic E-state index is 12.1. The van der Waals surface area contributed by atoms with Crippen LogP contribution in [-0.2, 0) is 19.1 Å². The van der Waals surface area contributed by atoms with Crippen molar-refractivity contribution in [2.45, 2.75) is 31.5 Å². The van der Waals surface area contributed by atoms with Crippen LogP contribution in [0.3, 0.4) is 0 Å². The molecule has 2 rings (SSSR count). The third-order valence-corrected chi connectivity index (χ3v) is 4.38. The fourth-order valence-electron chi connectivity index (χ4n) is 2.75. The summed E-state index contributed by atoms with van der Waals surface area (Å²) >= 11 is 0. The molecule has 2 fully saturated rings. The van der Waals surface area contributed by atoms with Gasteiger partial charge in [0.1, 0.15) is 5.60 Å². The number of nitrogens with zero attached hydrogens (tertiary/aromatic N) is 1. The highest BCUT2D eigenvalue weighted by molar-refractivity contribution is 5.89. The molecule has 7 nitrogen and oxygen atoms in total. The number of carbonyl (C=O) groups is 2. The molecule has 0 aromatic rings. The third kappa shape index (κ3) is 3.72. The quantitative estimate of drug-likeness (QED) is 0.666. The Hall–Kier alpha value is -1.18. The van der Waals surface area contributed by atoms with E-state index in [0.717, 1.165) is 0 Å². The van der Waals surface area contributed by atoms with Crippen LogP contribution in [0.4, 0.5) is 0 Å². The molecule has 0 radical (unpaired) electrons. The van der Waals surface area contributed by atoms with Gasteiger partial charge in [-0.15, -0.1) is 0 Å². The predicted octanol–water partition coefficient (Wildman–Crippen LogP) is -0.863. The van der Waals surface area contributed by atoms with Crippen molar-refractivity contribution in [3.63, 3.8) is 0 Å². The lowest BCUT2D eigenvalue weighted by Gasteiger charge is -2.26. The van der Waals surface area contributed by atoms with Crippen LogP contribution in [0.5, 0.6) is 0 Å². The maximum absolute atomic E-state index is 12.1. The van der Waals surface area contributed by atoms with Crippen LogP contribution in [0, 0.1) is 5.92 Å². The summed E-state index contributed by atoms with van der Waals surface area (Å²) < 4.78 is 10.3. The van der Waals surface area contributed by atoms with Gasteiger partial charge < -0.3 is 24.8 Å². The molecule has 3 unspecified atom stereocenters. The topological polar surface area (TPSA) is 88.1 Å². The molecule has 0 spiro atoms. The number of aliphatic hydroxyl groups is 1. The number of rotatable bonds is 6. The SMILES string of the molecule is COCCN1CC(C(=O)NCC2(O)CCOC2C)CC1=O. The van der Waals surface area contributed by atoms with Crippen molar-refractivity contribution in [3.05, 3.63) is 0 Å². The molecule has 2 saturated heterocycles. The molecule has 0 saturated carbocycles. The smallest absolute Gasteiger partial charge is 0.225 e. The maximum Gasteiger partial charge on any atom is 0.225 e. The Bertz CT molecular complexity index is 403. The number of hydrogen-bond donors (Lipinski definition) is 2. The second-order valence-corrected chi connectivity index (χ2v) is 5.82. The molecule has 2 aliphatic heterocycles. The molecule has 0 bridgehead atoms. The molecule has 2 N–H and O–H groups in total. The molecule has 120 valence electrons. The van der Waals surface area contributed by atoms with Gasteiger partial charge in [0.2, 0.25) is 11.8 Å². The zero-order valence-electron chi connectivity index (χ0n) is 12.6. The third-order valence-electron chi connectivity index (χ3n) is 4.38. The molecular weight excluding hydrogens is 276 g/mol. The van der Waals surface area contributed by atoms with Crippen molar-refractivity contribution in [3.8, 4) is 0 Å². The fraction of sp³-hybridized carbons (Fsp3) is 0.857. The average molecular weight is 300 g/mol. The highest BCUT2D eigenvalue weighted by Crippen LogP contribution is 2.25. The number of ether oxygens (including phenoxy) is 2. The van der Waals surface area contributed by atoms with Crippen LogP contribution in [0.1, 0.15) is 19.8 Å². The van der Waals surface area contributed by atoms with Gasteiger partial charge in [0.25, 0.3) is 0 Å². The van der Waals surface area contributed by atoms with Crippen LogP contribution in [-0.4, -0.2) is 73.5 Å². The molecule has 0 aromatic heterocycles. The van der Waals surface area contributed by atoms with Gasteiger partial charge in [-0.05, 0) is 6.92 Å². The van der Waals surface area contributed by atoms with Crippen molar-refractivity contribution >= 4 is 11.8 Å². The van der Waals surface area contributed by atoms with Crippen molar-refractivity contribution in [2.24, 2.45) is 5.92 Å². The highest BCUT2D eigenvalue weighted by Gasteiger charge is 2.41. The summed E-state index contributed by atoms with van der Waals surface area (Å²) in [6, 6.07) is 0. The molecular formula is C14H24N2O5. The first-order chi connectivity index (χ1) is 9.96. The minimum atomic E-state index is -1.01. The summed E-state index contributed by atoms with van der Waals surface area (Å²) in [4.78, 5) is 25.6. The van der Waals surface area contributed by atoms with E-state index in [-0.39, 0.29) is 36.8 Å². The van der Waals surface area contributed by atoms with Gasteiger partial charge in [0.05, 0.1) is 18.6 Å². The fourth-order valence-corrected chi connectivity index (χ4v) is 2.75. The molecule has 3 atom stereocenters. The minimum absolute atomic E-state index is 0.0246. The van der Waals surface area contributed by atoms with Crippen molar-refractivity contribution < 1.29 is 24.2 Å². The number of carbonyl (C=O) groups excluding carboxylic acids is 2. The van der Waals surface area contributed by atoms with E-state index in [0.29, 0.717) is 32.7 Å². The summed E-state index contributed by atoms with van der Waals surface area (Å²) in [5.74, 6) is -0.560. The molecule has 2 aliphatic rings. The number of hydrogen-bond acceptors (Lipinski definition) is 5. The van der Waals surface area contributed by atoms with Crippen molar-refractivity contribution in [1.82, 2.24) is 10.2 Å².